The van der Waals surface area contributed by atoms with Crippen molar-refractivity contribution in [2.24, 2.45) is 0 Å². The molecule has 3 aromatic rings. The molecular weight excluding hydrogens is 354 g/mol. The Labute approximate surface area is 163 Å². The molecule has 1 amide bonds. The molecule has 2 aromatic heterocycles. The van der Waals surface area contributed by atoms with Gasteiger partial charge in [-0.05, 0) is 31.9 Å². The number of nitrogen functional groups attached to an aromatic ring is 1. The van der Waals surface area contributed by atoms with E-state index in [9.17, 15) is 4.79 Å². The molecule has 27 heavy (non-hydrogen) atoms. The highest BCUT2D eigenvalue weighted by Crippen LogP contribution is 2.34. The minimum Gasteiger partial charge on any atom is -0.397 e. The van der Waals surface area contributed by atoms with Crippen LogP contribution in [0.5, 0.6) is 0 Å². The molecule has 5 heteroatoms. The summed E-state index contributed by atoms with van der Waals surface area (Å²) in [6.45, 7) is 2.07. The van der Waals surface area contributed by atoms with E-state index in [0.29, 0.717) is 10.6 Å². The van der Waals surface area contributed by atoms with E-state index in [1.54, 1.807) is 0 Å². The highest BCUT2D eigenvalue weighted by Gasteiger charge is 2.21. The number of fused-ring (bicyclic) bond motifs is 1. The monoisotopic (exact) mass is 379 g/mol. The van der Waals surface area contributed by atoms with Gasteiger partial charge >= 0.3 is 0 Å². The summed E-state index contributed by atoms with van der Waals surface area (Å²) in [6, 6.07) is 12.5. The number of amides is 1. The highest BCUT2D eigenvalue weighted by atomic mass is 32.1. The molecule has 0 aliphatic heterocycles. The Bertz CT molecular complexity index is 954. The molecule has 4 rings (SSSR count). The van der Waals surface area contributed by atoms with Gasteiger partial charge in [0.25, 0.3) is 5.91 Å². The molecule has 0 radical (unpaired) electrons. The summed E-state index contributed by atoms with van der Waals surface area (Å²) in [7, 11) is 0. The zero-order valence-electron chi connectivity index (χ0n) is 15.6. The first-order valence-electron chi connectivity index (χ1n) is 9.69. The maximum absolute atomic E-state index is 12.8. The van der Waals surface area contributed by atoms with Crippen molar-refractivity contribution in [2.75, 3.05) is 5.73 Å². The number of hydrogen-bond donors (Lipinski definition) is 2. The van der Waals surface area contributed by atoms with Crippen LogP contribution in [0, 0.1) is 6.92 Å². The Hall–Kier alpha value is -2.40. The maximum Gasteiger partial charge on any atom is 0.263 e. The predicted octanol–water partition coefficient (Wildman–Crippen LogP) is 5.31. The van der Waals surface area contributed by atoms with Gasteiger partial charge < -0.3 is 11.1 Å². The van der Waals surface area contributed by atoms with Crippen molar-refractivity contribution in [1.82, 2.24) is 10.3 Å². The van der Waals surface area contributed by atoms with Crippen LogP contribution < -0.4 is 11.1 Å². The molecule has 1 aromatic carbocycles. The molecule has 0 atom stereocenters. The lowest BCUT2D eigenvalue weighted by Gasteiger charge is -2.15. The number of anilines is 1. The second-order valence-corrected chi connectivity index (χ2v) is 8.42. The van der Waals surface area contributed by atoms with Gasteiger partial charge in [-0.1, -0.05) is 55.5 Å². The molecule has 0 unspecified atom stereocenters. The maximum atomic E-state index is 12.8. The summed E-state index contributed by atoms with van der Waals surface area (Å²) in [4.78, 5) is 19.0. The number of nitrogens with zero attached hydrogens (tertiary/aromatic N) is 1. The molecule has 140 valence electrons. The van der Waals surface area contributed by atoms with Crippen molar-refractivity contribution >= 4 is 33.1 Å². The number of pyridine rings is 1. The Balaban J connectivity index is 1.61. The third-order valence-electron chi connectivity index (χ3n) is 5.34. The van der Waals surface area contributed by atoms with Crippen LogP contribution in [0.2, 0.25) is 0 Å². The number of carbonyl (C=O) groups is 1. The molecule has 1 aliphatic carbocycles. The lowest BCUT2D eigenvalue weighted by Crippen LogP contribution is -2.34. The third kappa shape index (κ3) is 3.83. The second kappa shape index (κ2) is 7.69. The molecule has 4 nitrogen and oxygen atoms in total. The number of benzene rings is 1. The number of nitrogens with two attached hydrogens (primary N) is 1. The van der Waals surface area contributed by atoms with Crippen LogP contribution in [-0.2, 0) is 0 Å². The summed E-state index contributed by atoms with van der Waals surface area (Å²) in [5.41, 5.74) is 10.0. The van der Waals surface area contributed by atoms with Gasteiger partial charge in [-0.3, -0.25) is 4.79 Å². The number of nitrogens with one attached hydrogen (secondary N) is 1. The number of aromatic nitrogens is 1. The van der Waals surface area contributed by atoms with Gasteiger partial charge in [0.2, 0.25) is 0 Å². The van der Waals surface area contributed by atoms with Crippen LogP contribution in [0.15, 0.2) is 36.4 Å². The normalized spacial score (nSPS) is 15.6. The first kappa shape index (κ1) is 18.0. The predicted molar refractivity (Wildman–Crippen MR) is 113 cm³/mol. The number of hydrogen-bond acceptors (Lipinski definition) is 4. The quantitative estimate of drug-likeness (QED) is 0.606. The van der Waals surface area contributed by atoms with Gasteiger partial charge in [0.15, 0.2) is 0 Å². The van der Waals surface area contributed by atoms with Crippen LogP contribution in [0.25, 0.3) is 21.5 Å². The second-order valence-electron chi connectivity index (χ2n) is 7.42. The number of thiophene rings is 1. The van der Waals surface area contributed by atoms with Gasteiger partial charge in [-0.15, -0.1) is 11.3 Å². The van der Waals surface area contributed by atoms with E-state index in [4.69, 9.17) is 10.7 Å². The minimum atomic E-state index is -0.0562. The molecule has 1 fully saturated rings. The SMILES string of the molecule is Cc1ccc(-c2ccc3c(N)c(C(=O)NC4CCCCCC4)sc3n2)cc1. The van der Waals surface area contributed by atoms with Crippen LogP contribution in [0.1, 0.15) is 53.8 Å². The van der Waals surface area contributed by atoms with Crippen molar-refractivity contribution in [2.45, 2.75) is 51.5 Å². The zero-order chi connectivity index (χ0) is 18.8. The number of aryl methyl sites for hydroxylation is 1. The molecule has 2 heterocycles. The number of carbonyl (C=O) groups excluding carboxylic acids is 1. The largest absolute Gasteiger partial charge is 0.397 e. The van der Waals surface area contributed by atoms with E-state index in [1.807, 2.05) is 12.1 Å². The number of rotatable bonds is 3. The first-order valence-corrected chi connectivity index (χ1v) is 10.5. The van der Waals surface area contributed by atoms with E-state index in [0.717, 1.165) is 34.3 Å². The zero-order valence-corrected chi connectivity index (χ0v) is 16.4. The van der Waals surface area contributed by atoms with Crippen molar-refractivity contribution in [3.63, 3.8) is 0 Å². The first-order chi connectivity index (χ1) is 13.1. The van der Waals surface area contributed by atoms with E-state index in [2.05, 4.69) is 36.5 Å². The molecule has 1 saturated carbocycles. The van der Waals surface area contributed by atoms with E-state index >= 15 is 0 Å². The van der Waals surface area contributed by atoms with E-state index in [1.165, 1.54) is 42.6 Å². The summed E-state index contributed by atoms with van der Waals surface area (Å²) in [5, 5.41) is 4.06. The average Bonchev–Trinajstić information content (AvgIpc) is 2.83. The minimum absolute atomic E-state index is 0.0562. The van der Waals surface area contributed by atoms with Gasteiger partial charge in [-0.25, -0.2) is 4.98 Å². The summed E-state index contributed by atoms with van der Waals surface area (Å²) in [5.74, 6) is -0.0562. The Morgan fingerprint density at radius 2 is 1.78 bits per heavy atom. The lowest BCUT2D eigenvalue weighted by molar-refractivity contribution is 0.0938. The Kier molecular flexibility index (Phi) is 5.12. The molecule has 0 saturated heterocycles. The summed E-state index contributed by atoms with van der Waals surface area (Å²) in [6.07, 6.45) is 7.04. The molecule has 3 N–H and O–H groups in total. The van der Waals surface area contributed by atoms with Crippen LogP contribution >= 0.6 is 11.3 Å². The fourth-order valence-corrected chi connectivity index (χ4v) is 4.72. The van der Waals surface area contributed by atoms with Gasteiger partial charge in [0.05, 0.1) is 11.4 Å². The molecule has 0 bridgehead atoms. The van der Waals surface area contributed by atoms with Crippen molar-refractivity contribution in [3.05, 3.63) is 46.8 Å². The topological polar surface area (TPSA) is 68.0 Å². The van der Waals surface area contributed by atoms with Crippen molar-refractivity contribution < 1.29 is 4.79 Å². The lowest BCUT2D eigenvalue weighted by atomic mass is 10.1. The van der Waals surface area contributed by atoms with Gasteiger partial charge in [-0.2, -0.15) is 0 Å². The summed E-state index contributed by atoms with van der Waals surface area (Å²) < 4.78 is 0. The molecule has 0 spiro atoms. The molecular formula is C22H25N3OS. The standard InChI is InChI=1S/C22H25N3OS/c1-14-8-10-15(11-9-14)18-13-12-17-19(23)20(27-22(17)25-18)21(26)24-16-6-4-2-3-5-7-16/h8-13,16H,2-7,23H2,1H3,(H,24,26). The van der Waals surface area contributed by atoms with Crippen LogP contribution in [-0.4, -0.2) is 16.9 Å². The highest BCUT2D eigenvalue weighted by molar-refractivity contribution is 7.21. The van der Waals surface area contributed by atoms with E-state index < -0.39 is 0 Å². The van der Waals surface area contributed by atoms with Crippen LogP contribution in [0.3, 0.4) is 0 Å². The Morgan fingerprint density at radius 3 is 2.48 bits per heavy atom. The third-order valence-corrected chi connectivity index (χ3v) is 6.45. The van der Waals surface area contributed by atoms with Crippen molar-refractivity contribution in [1.29, 1.82) is 0 Å². The molecule has 1 aliphatic rings. The average molecular weight is 380 g/mol. The van der Waals surface area contributed by atoms with Crippen molar-refractivity contribution in [3.8, 4) is 11.3 Å². The van der Waals surface area contributed by atoms with Gasteiger partial charge in [0, 0.05) is 17.0 Å². The fourth-order valence-electron chi connectivity index (χ4n) is 3.73. The van der Waals surface area contributed by atoms with Crippen LogP contribution in [0.4, 0.5) is 5.69 Å². The fraction of sp³-hybridized carbons (Fsp3) is 0.364. The van der Waals surface area contributed by atoms with Gasteiger partial charge in [0.1, 0.15) is 9.71 Å². The Morgan fingerprint density at radius 1 is 1.07 bits per heavy atom. The summed E-state index contributed by atoms with van der Waals surface area (Å²) >= 11 is 1.39. The smallest absolute Gasteiger partial charge is 0.263 e. The van der Waals surface area contributed by atoms with E-state index in [-0.39, 0.29) is 11.9 Å².